The standard InChI is InChI=1S/C16H17N3/c1-12-9-10-19-16(11-12)17-15(18-19)8-7-14-6-4-3-5-13(14)2/h3-6,9-11H,7-8H2,1-2H3. The van der Waals surface area contributed by atoms with Crippen LogP contribution in [0.3, 0.4) is 0 Å². The number of nitrogens with zero attached hydrogens (tertiary/aromatic N) is 3. The van der Waals surface area contributed by atoms with Gasteiger partial charge in [0.05, 0.1) is 0 Å². The van der Waals surface area contributed by atoms with Crippen LogP contribution in [0, 0.1) is 13.8 Å². The number of fused-ring (bicyclic) bond motifs is 1. The van der Waals surface area contributed by atoms with Gasteiger partial charge in [-0.25, -0.2) is 9.50 Å². The maximum atomic E-state index is 4.57. The molecular weight excluding hydrogens is 234 g/mol. The van der Waals surface area contributed by atoms with Crippen LogP contribution in [0.25, 0.3) is 5.65 Å². The molecule has 0 aliphatic heterocycles. The number of hydrogen-bond donors (Lipinski definition) is 0. The lowest BCUT2D eigenvalue weighted by molar-refractivity contribution is 0.833. The number of aromatic nitrogens is 3. The zero-order valence-electron chi connectivity index (χ0n) is 11.3. The van der Waals surface area contributed by atoms with E-state index in [2.05, 4.69) is 54.3 Å². The smallest absolute Gasteiger partial charge is 0.155 e. The highest BCUT2D eigenvalue weighted by Crippen LogP contribution is 2.11. The zero-order valence-corrected chi connectivity index (χ0v) is 11.3. The van der Waals surface area contributed by atoms with Crippen molar-refractivity contribution in [3.8, 4) is 0 Å². The van der Waals surface area contributed by atoms with Crippen LogP contribution in [0.4, 0.5) is 0 Å². The highest BCUT2D eigenvalue weighted by Gasteiger charge is 2.05. The van der Waals surface area contributed by atoms with Crippen LogP contribution in [-0.4, -0.2) is 14.6 Å². The third-order valence-electron chi connectivity index (χ3n) is 3.42. The van der Waals surface area contributed by atoms with Crippen LogP contribution < -0.4 is 0 Å². The summed E-state index contributed by atoms with van der Waals surface area (Å²) >= 11 is 0. The van der Waals surface area contributed by atoms with Crippen molar-refractivity contribution in [1.82, 2.24) is 14.6 Å². The van der Waals surface area contributed by atoms with Gasteiger partial charge >= 0.3 is 0 Å². The number of hydrogen-bond acceptors (Lipinski definition) is 2. The normalized spacial score (nSPS) is 11.1. The van der Waals surface area contributed by atoms with Gasteiger partial charge in [-0.15, -0.1) is 0 Å². The van der Waals surface area contributed by atoms with Gasteiger partial charge in [0, 0.05) is 12.6 Å². The van der Waals surface area contributed by atoms with Crippen molar-refractivity contribution in [2.24, 2.45) is 0 Å². The molecule has 3 rings (SSSR count). The van der Waals surface area contributed by atoms with Crippen molar-refractivity contribution in [2.45, 2.75) is 26.7 Å². The van der Waals surface area contributed by atoms with Gasteiger partial charge in [0.2, 0.25) is 0 Å². The molecule has 19 heavy (non-hydrogen) atoms. The van der Waals surface area contributed by atoms with E-state index in [1.54, 1.807) is 0 Å². The van der Waals surface area contributed by atoms with Gasteiger partial charge in [-0.3, -0.25) is 0 Å². The Morgan fingerprint density at radius 1 is 1.05 bits per heavy atom. The van der Waals surface area contributed by atoms with E-state index in [0.29, 0.717) is 0 Å². The summed E-state index contributed by atoms with van der Waals surface area (Å²) in [7, 11) is 0. The van der Waals surface area contributed by atoms with E-state index in [0.717, 1.165) is 24.3 Å². The van der Waals surface area contributed by atoms with E-state index in [1.165, 1.54) is 16.7 Å². The summed E-state index contributed by atoms with van der Waals surface area (Å²) in [5, 5.41) is 4.50. The van der Waals surface area contributed by atoms with Crippen molar-refractivity contribution < 1.29 is 0 Å². The van der Waals surface area contributed by atoms with Gasteiger partial charge in [-0.2, -0.15) is 5.10 Å². The summed E-state index contributed by atoms with van der Waals surface area (Å²) in [5.74, 6) is 0.911. The highest BCUT2D eigenvalue weighted by atomic mass is 15.3. The minimum atomic E-state index is 0.881. The molecule has 0 unspecified atom stereocenters. The fourth-order valence-corrected chi connectivity index (χ4v) is 2.27. The quantitative estimate of drug-likeness (QED) is 0.716. The van der Waals surface area contributed by atoms with Crippen LogP contribution in [0.2, 0.25) is 0 Å². The predicted octanol–water partition coefficient (Wildman–Crippen LogP) is 3.13. The average Bonchev–Trinajstić information content (AvgIpc) is 2.79. The second-order valence-electron chi connectivity index (χ2n) is 4.96. The topological polar surface area (TPSA) is 30.2 Å². The van der Waals surface area contributed by atoms with Crippen LogP contribution >= 0.6 is 0 Å². The molecule has 0 bridgehead atoms. The van der Waals surface area contributed by atoms with Crippen LogP contribution in [-0.2, 0) is 12.8 Å². The van der Waals surface area contributed by atoms with E-state index in [-0.39, 0.29) is 0 Å². The van der Waals surface area contributed by atoms with Crippen molar-refractivity contribution in [3.05, 3.63) is 65.1 Å². The Labute approximate surface area is 112 Å². The van der Waals surface area contributed by atoms with Gasteiger partial charge in [0.15, 0.2) is 11.5 Å². The number of aryl methyl sites for hydroxylation is 4. The Bertz CT molecular complexity index is 713. The average molecular weight is 251 g/mol. The first-order valence-corrected chi connectivity index (χ1v) is 6.59. The molecule has 96 valence electrons. The Balaban J connectivity index is 1.80. The molecular formula is C16H17N3. The summed E-state index contributed by atoms with van der Waals surface area (Å²) in [5.41, 5.74) is 4.85. The van der Waals surface area contributed by atoms with Crippen LogP contribution in [0.15, 0.2) is 42.6 Å². The Hall–Kier alpha value is -2.16. The number of pyridine rings is 1. The molecule has 3 aromatic rings. The summed E-state index contributed by atoms with van der Waals surface area (Å²) in [4.78, 5) is 4.57. The molecule has 0 saturated carbocycles. The van der Waals surface area contributed by atoms with Gasteiger partial charge < -0.3 is 0 Å². The first-order valence-electron chi connectivity index (χ1n) is 6.59. The Morgan fingerprint density at radius 3 is 2.74 bits per heavy atom. The van der Waals surface area contributed by atoms with E-state index >= 15 is 0 Å². The van der Waals surface area contributed by atoms with E-state index in [9.17, 15) is 0 Å². The molecule has 0 aliphatic carbocycles. The summed E-state index contributed by atoms with van der Waals surface area (Å²) < 4.78 is 1.85. The Kier molecular flexibility index (Phi) is 3.03. The molecule has 2 aromatic heterocycles. The molecule has 0 N–H and O–H groups in total. The first kappa shape index (κ1) is 11.9. The van der Waals surface area contributed by atoms with E-state index in [1.807, 2.05) is 16.8 Å². The van der Waals surface area contributed by atoms with E-state index < -0.39 is 0 Å². The van der Waals surface area contributed by atoms with Crippen molar-refractivity contribution in [2.75, 3.05) is 0 Å². The predicted molar refractivity (Wildman–Crippen MR) is 76.3 cm³/mol. The first-order chi connectivity index (χ1) is 9.22. The van der Waals surface area contributed by atoms with Crippen molar-refractivity contribution in [1.29, 1.82) is 0 Å². The fraction of sp³-hybridized carbons (Fsp3) is 0.250. The maximum Gasteiger partial charge on any atom is 0.155 e. The summed E-state index contributed by atoms with van der Waals surface area (Å²) in [6.45, 7) is 4.22. The van der Waals surface area contributed by atoms with Crippen molar-refractivity contribution in [3.63, 3.8) is 0 Å². The lowest BCUT2D eigenvalue weighted by Crippen LogP contribution is -1.96. The molecule has 0 fully saturated rings. The number of benzene rings is 1. The van der Waals surface area contributed by atoms with Crippen molar-refractivity contribution >= 4 is 5.65 Å². The molecule has 0 atom stereocenters. The lowest BCUT2D eigenvalue weighted by atomic mass is 10.0. The molecule has 1 aromatic carbocycles. The van der Waals surface area contributed by atoms with Gasteiger partial charge in [0.1, 0.15) is 0 Å². The van der Waals surface area contributed by atoms with E-state index in [4.69, 9.17) is 0 Å². The minimum absolute atomic E-state index is 0.881. The molecule has 0 saturated heterocycles. The molecule has 0 spiro atoms. The monoisotopic (exact) mass is 251 g/mol. The zero-order chi connectivity index (χ0) is 13.2. The third kappa shape index (κ3) is 2.50. The fourth-order valence-electron chi connectivity index (χ4n) is 2.27. The third-order valence-corrected chi connectivity index (χ3v) is 3.42. The summed E-state index contributed by atoms with van der Waals surface area (Å²) in [6.07, 6.45) is 3.84. The van der Waals surface area contributed by atoms with Crippen LogP contribution in [0.5, 0.6) is 0 Å². The largest absolute Gasteiger partial charge is 0.221 e. The lowest BCUT2D eigenvalue weighted by Gasteiger charge is -2.02. The van der Waals surface area contributed by atoms with Gasteiger partial charge in [-0.05, 0) is 49.1 Å². The molecule has 3 heteroatoms. The maximum absolute atomic E-state index is 4.57. The summed E-state index contributed by atoms with van der Waals surface area (Å²) in [6, 6.07) is 12.6. The Morgan fingerprint density at radius 2 is 1.89 bits per heavy atom. The second-order valence-corrected chi connectivity index (χ2v) is 4.96. The number of rotatable bonds is 3. The minimum Gasteiger partial charge on any atom is -0.221 e. The molecule has 0 amide bonds. The van der Waals surface area contributed by atoms with Gasteiger partial charge in [-0.1, -0.05) is 24.3 Å². The molecule has 0 aliphatic rings. The molecule has 3 nitrogen and oxygen atoms in total. The SMILES string of the molecule is Cc1ccn2nc(CCc3ccccc3C)nc2c1. The highest BCUT2D eigenvalue weighted by molar-refractivity contribution is 5.40. The second kappa shape index (κ2) is 4.84. The molecule has 0 radical (unpaired) electrons. The molecule has 2 heterocycles. The van der Waals surface area contributed by atoms with Gasteiger partial charge in [0.25, 0.3) is 0 Å². The van der Waals surface area contributed by atoms with Crippen LogP contribution in [0.1, 0.15) is 22.5 Å².